The van der Waals surface area contributed by atoms with Crippen molar-refractivity contribution in [3.63, 3.8) is 0 Å². The zero-order valence-corrected chi connectivity index (χ0v) is 10.7. The molecule has 3 heteroatoms. The molecule has 0 aromatic rings. The fraction of sp³-hybridized carbons (Fsp3) is 0.923. The molecule has 1 aliphatic rings. The standard InChI is InChI=1S/C13H26N2O/c1-3-13(4-2,9-14)10-15-12(16)11-7-5-6-8-11/h11H,3-10,14H2,1-2H3,(H,15,16). The molecule has 0 atom stereocenters. The second-order valence-electron chi connectivity index (χ2n) is 5.11. The molecular formula is C13H26N2O. The smallest absolute Gasteiger partial charge is 0.223 e. The topological polar surface area (TPSA) is 55.1 Å². The zero-order valence-electron chi connectivity index (χ0n) is 10.7. The van der Waals surface area contributed by atoms with Crippen LogP contribution in [0.5, 0.6) is 0 Å². The largest absolute Gasteiger partial charge is 0.355 e. The summed E-state index contributed by atoms with van der Waals surface area (Å²) in [6.07, 6.45) is 6.62. The van der Waals surface area contributed by atoms with E-state index >= 15 is 0 Å². The molecule has 1 aliphatic carbocycles. The van der Waals surface area contributed by atoms with Gasteiger partial charge in [-0.3, -0.25) is 4.79 Å². The maximum Gasteiger partial charge on any atom is 0.223 e. The maximum atomic E-state index is 11.9. The van der Waals surface area contributed by atoms with Crippen molar-refractivity contribution < 1.29 is 4.79 Å². The Kier molecular flexibility index (Phi) is 5.26. The van der Waals surface area contributed by atoms with Crippen LogP contribution < -0.4 is 11.1 Å². The molecule has 0 unspecified atom stereocenters. The summed E-state index contributed by atoms with van der Waals surface area (Å²) in [5.74, 6) is 0.515. The molecule has 1 fully saturated rings. The highest BCUT2D eigenvalue weighted by molar-refractivity contribution is 5.78. The van der Waals surface area contributed by atoms with Crippen LogP contribution in [0.1, 0.15) is 52.4 Å². The third-order valence-electron chi connectivity index (χ3n) is 4.30. The number of hydrogen-bond donors (Lipinski definition) is 2. The van der Waals surface area contributed by atoms with Crippen molar-refractivity contribution >= 4 is 5.91 Å². The van der Waals surface area contributed by atoms with Gasteiger partial charge in [0.2, 0.25) is 5.91 Å². The highest BCUT2D eigenvalue weighted by atomic mass is 16.1. The Balaban J connectivity index is 2.39. The Bertz CT molecular complexity index is 210. The Morgan fingerprint density at radius 3 is 2.31 bits per heavy atom. The minimum absolute atomic E-state index is 0.105. The third-order valence-corrected chi connectivity index (χ3v) is 4.30. The van der Waals surface area contributed by atoms with Gasteiger partial charge >= 0.3 is 0 Å². The highest BCUT2D eigenvalue weighted by Gasteiger charge is 2.27. The molecule has 3 nitrogen and oxygen atoms in total. The summed E-state index contributed by atoms with van der Waals surface area (Å²) < 4.78 is 0. The Hall–Kier alpha value is -0.570. The monoisotopic (exact) mass is 226 g/mol. The molecule has 16 heavy (non-hydrogen) atoms. The first kappa shape index (κ1) is 13.5. The molecule has 0 bridgehead atoms. The summed E-state index contributed by atoms with van der Waals surface area (Å²) in [7, 11) is 0. The number of carbonyl (C=O) groups is 1. The van der Waals surface area contributed by atoms with E-state index in [0.29, 0.717) is 6.54 Å². The van der Waals surface area contributed by atoms with Crippen LogP contribution in [0, 0.1) is 11.3 Å². The molecule has 0 spiro atoms. The van der Waals surface area contributed by atoms with Gasteiger partial charge in [-0.2, -0.15) is 0 Å². The van der Waals surface area contributed by atoms with Crippen LogP contribution >= 0.6 is 0 Å². The number of carbonyl (C=O) groups excluding carboxylic acids is 1. The SMILES string of the molecule is CCC(CC)(CN)CNC(=O)C1CCCC1. The van der Waals surface area contributed by atoms with E-state index < -0.39 is 0 Å². The van der Waals surface area contributed by atoms with Crippen molar-refractivity contribution in [3.05, 3.63) is 0 Å². The Morgan fingerprint density at radius 2 is 1.88 bits per heavy atom. The maximum absolute atomic E-state index is 11.9. The van der Waals surface area contributed by atoms with Gasteiger partial charge in [-0.05, 0) is 37.6 Å². The second-order valence-corrected chi connectivity index (χ2v) is 5.11. The van der Waals surface area contributed by atoms with Crippen LogP contribution in [0.2, 0.25) is 0 Å². The molecule has 1 rings (SSSR count). The summed E-state index contributed by atoms with van der Waals surface area (Å²) in [4.78, 5) is 11.9. The van der Waals surface area contributed by atoms with E-state index in [0.717, 1.165) is 32.2 Å². The molecule has 0 heterocycles. The quantitative estimate of drug-likeness (QED) is 0.728. The normalized spacial score (nSPS) is 17.7. The van der Waals surface area contributed by atoms with Crippen LogP contribution in [0.4, 0.5) is 0 Å². The first-order valence-electron chi connectivity index (χ1n) is 6.65. The second kappa shape index (κ2) is 6.24. The number of nitrogens with one attached hydrogen (secondary N) is 1. The zero-order chi connectivity index (χ0) is 12.0. The van der Waals surface area contributed by atoms with E-state index in [4.69, 9.17) is 5.73 Å². The van der Waals surface area contributed by atoms with Crippen molar-refractivity contribution in [2.24, 2.45) is 17.1 Å². The first-order chi connectivity index (χ1) is 7.67. The molecule has 0 aromatic carbocycles. The molecule has 0 aromatic heterocycles. The van der Waals surface area contributed by atoms with Gasteiger partial charge in [0.1, 0.15) is 0 Å². The van der Waals surface area contributed by atoms with Crippen LogP contribution in [0.15, 0.2) is 0 Å². The average molecular weight is 226 g/mol. The molecule has 3 N–H and O–H groups in total. The van der Waals surface area contributed by atoms with Crippen molar-refractivity contribution in [3.8, 4) is 0 Å². The lowest BCUT2D eigenvalue weighted by Gasteiger charge is -2.30. The lowest BCUT2D eigenvalue weighted by molar-refractivity contribution is -0.125. The molecule has 1 amide bonds. The van der Waals surface area contributed by atoms with Gasteiger partial charge in [-0.25, -0.2) is 0 Å². The summed E-state index contributed by atoms with van der Waals surface area (Å²) in [6, 6.07) is 0. The van der Waals surface area contributed by atoms with E-state index in [2.05, 4.69) is 19.2 Å². The van der Waals surface area contributed by atoms with Gasteiger partial charge in [0.15, 0.2) is 0 Å². The lowest BCUT2D eigenvalue weighted by atomic mass is 9.82. The summed E-state index contributed by atoms with van der Waals surface area (Å²) in [6.45, 7) is 5.70. The fourth-order valence-electron chi connectivity index (χ4n) is 2.47. The molecule has 94 valence electrons. The van der Waals surface area contributed by atoms with Crippen LogP contribution in [-0.2, 0) is 4.79 Å². The predicted molar refractivity (Wildman–Crippen MR) is 67.0 cm³/mol. The summed E-state index contributed by atoms with van der Waals surface area (Å²) >= 11 is 0. The molecule has 0 aliphatic heterocycles. The minimum Gasteiger partial charge on any atom is -0.355 e. The van der Waals surface area contributed by atoms with Crippen LogP contribution in [-0.4, -0.2) is 19.0 Å². The van der Waals surface area contributed by atoms with E-state index in [1.165, 1.54) is 12.8 Å². The third kappa shape index (κ3) is 3.21. The Labute approximate surface area is 99.2 Å². The molecular weight excluding hydrogens is 200 g/mol. The lowest BCUT2D eigenvalue weighted by Crippen LogP contribution is -2.43. The van der Waals surface area contributed by atoms with Gasteiger partial charge in [0.25, 0.3) is 0 Å². The van der Waals surface area contributed by atoms with Gasteiger partial charge < -0.3 is 11.1 Å². The summed E-state index contributed by atoms with van der Waals surface area (Å²) in [5, 5.41) is 3.10. The Morgan fingerprint density at radius 1 is 1.31 bits per heavy atom. The number of nitrogens with two attached hydrogens (primary N) is 1. The van der Waals surface area contributed by atoms with Gasteiger partial charge in [0, 0.05) is 12.5 Å². The van der Waals surface area contributed by atoms with Crippen molar-refractivity contribution in [2.75, 3.05) is 13.1 Å². The van der Waals surface area contributed by atoms with Crippen LogP contribution in [0.3, 0.4) is 0 Å². The fourth-order valence-corrected chi connectivity index (χ4v) is 2.47. The number of rotatable bonds is 6. The number of amides is 1. The van der Waals surface area contributed by atoms with Crippen LogP contribution in [0.25, 0.3) is 0 Å². The summed E-state index contributed by atoms with van der Waals surface area (Å²) in [5.41, 5.74) is 5.92. The van der Waals surface area contributed by atoms with Gasteiger partial charge in [0.05, 0.1) is 0 Å². The van der Waals surface area contributed by atoms with Gasteiger partial charge in [-0.1, -0.05) is 26.7 Å². The van der Waals surface area contributed by atoms with E-state index in [-0.39, 0.29) is 17.2 Å². The van der Waals surface area contributed by atoms with E-state index in [9.17, 15) is 4.79 Å². The molecule has 0 saturated heterocycles. The van der Waals surface area contributed by atoms with Gasteiger partial charge in [-0.15, -0.1) is 0 Å². The molecule has 0 radical (unpaired) electrons. The van der Waals surface area contributed by atoms with E-state index in [1.54, 1.807) is 0 Å². The first-order valence-corrected chi connectivity index (χ1v) is 6.65. The minimum atomic E-state index is 0.105. The van der Waals surface area contributed by atoms with Crippen molar-refractivity contribution in [2.45, 2.75) is 52.4 Å². The average Bonchev–Trinajstić information content (AvgIpc) is 2.85. The molecule has 1 saturated carbocycles. The predicted octanol–water partition coefficient (Wildman–Crippen LogP) is 2.06. The van der Waals surface area contributed by atoms with Crippen molar-refractivity contribution in [1.29, 1.82) is 0 Å². The highest BCUT2D eigenvalue weighted by Crippen LogP contribution is 2.26. The number of hydrogen-bond acceptors (Lipinski definition) is 2. The van der Waals surface area contributed by atoms with Crippen molar-refractivity contribution in [1.82, 2.24) is 5.32 Å². The van der Waals surface area contributed by atoms with E-state index in [1.807, 2.05) is 0 Å².